The smallest absolute Gasteiger partial charge is 0.268 e. The molecule has 1 aliphatic rings. The lowest BCUT2D eigenvalue weighted by molar-refractivity contribution is 0.445. The van der Waals surface area contributed by atoms with Crippen LogP contribution in [0, 0.1) is 0 Å². The number of rotatable bonds is 5. The Hall–Kier alpha value is -2.17. The molecule has 20 heavy (non-hydrogen) atoms. The molecule has 2 aromatic heterocycles. The molecule has 5 heteroatoms. The second kappa shape index (κ2) is 5.86. The number of anilines is 1. The minimum absolute atomic E-state index is 0.0524. The maximum atomic E-state index is 12.0. The first-order valence-electron chi connectivity index (χ1n) is 7.04. The summed E-state index contributed by atoms with van der Waals surface area (Å²) in [5.41, 5.74) is 1.94. The van der Waals surface area contributed by atoms with Gasteiger partial charge in [0.2, 0.25) is 0 Å². The predicted molar refractivity (Wildman–Crippen MR) is 77.7 cm³/mol. The zero-order valence-electron chi connectivity index (χ0n) is 11.3. The average Bonchev–Trinajstić information content (AvgIpc) is 2.43. The van der Waals surface area contributed by atoms with E-state index in [0.717, 1.165) is 17.7 Å². The van der Waals surface area contributed by atoms with Crippen molar-refractivity contribution in [2.45, 2.75) is 38.3 Å². The van der Waals surface area contributed by atoms with Gasteiger partial charge in [-0.15, -0.1) is 0 Å². The van der Waals surface area contributed by atoms with E-state index < -0.39 is 0 Å². The lowest BCUT2D eigenvalue weighted by Gasteiger charge is -2.27. The molecule has 0 unspecified atom stereocenters. The van der Waals surface area contributed by atoms with Crippen molar-refractivity contribution in [2.75, 3.05) is 5.32 Å². The molecule has 0 saturated heterocycles. The highest BCUT2D eigenvalue weighted by Gasteiger charge is 2.17. The Morgan fingerprint density at radius 1 is 1.30 bits per heavy atom. The van der Waals surface area contributed by atoms with E-state index in [0.29, 0.717) is 12.6 Å². The fourth-order valence-corrected chi connectivity index (χ4v) is 2.25. The molecule has 0 amide bonds. The molecule has 0 atom stereocenters. The molecule has 0 aliphatic heterocycles. The summed E-state index contributed by atoms with van der Waals surface area (Å²) in [6, 6.07) is 6.07. The second-order valence-electron chi connectivity index (χ2n) is 5.18. The van der Waals surface area contributed by atoms with Gasteiger partial charge in [0.1, 0.15) is 0 Å². The van der Waals surface area contributed by atoms with Crippen LogP contribution >= 0.6 is 0 Å². The lowest BCUT2D eigenvalue weighted by Crippen LogP contribution is -2.29. The van der Waals surface area contributed by atoms with Crippen LogP contribution in [0.5, 0.6) is 0 Å². The summed E-state index contributed by atoms with van der Waals surface area (Å²) in [6.07, 6.45) is 9.69. The van der Waals surface area contributed by atoms with E-state index in [2.05, 4.69) is 15.4 Å². The Labute approximate surface area is 117 Å². The summed E-state index contributed by atoms with van der Waals surface area (Å²) in [6.45, 7) is 0.590. The first kappa shape index (κ1) is 12.8. The van der Waals surface area contributed by atoms with Gasteiger partial charge in [-0.05, 0) is 43.4 Å². The van der Waals surface area contributed by atoms with E-state index in [1.165, 1.54) is 23.9 Å². The van der Waals surface area contributed by atoms with Crippen molar-refractivity contribution in [3.05, 3.63) is 52.7 Å². The molecule has 0 aromatic carbocycles. The van der Waals surface area contributed by atoms with E-state index in [-0.39, 0.29) is 5.56 Å². The SMILES string of the molecule is O=c1cc(NC2CCC2)cnn1CCc1ccncc1. The van der Waals surface area contributed by atoms with Crippen molar-refractivity contribution >= 4 is 5.69 Å². The zero-order chi connectivity index (χ0) is 13.8. The van der Waals surface area contributed by atoms with Crippen molar-refractivity contribution in [3.8, 4) is 0 Å². The first-order valence-corrected chi connectivity index (χ1v) is 7.04. The van der Waals surface area contributed by atoms with E-state index in [4.69, 9.17) is 0 Å². The standard InChI is InChI=1S/C15H18N4O/c20-15-10-14(18-13-2-1-3-13)11-17-19(15)9-6-12-4-7-16-8-5-12/h4-5,7-8,10-11,13,18H,1-3,6,9H2. The summed E-state index contributed by atoms with van der Waals surface area (Å²) >= 11 is 0. The highest BCUT2D eigenvalue weighted by Crippen LogP contribution is 2.21. The van der Waals surface area contributed by atoms with Gasteiger partial charge in [0.05, 0.1) is 11.9 Å². The third-order valence-electron chi connectivity index (χ3n) is 3.71. The van der Waals surface area contributed by atoms with Crippen LogP contribution in [0.2, 0.25) is 0 Å². The number of nitrogens with one attached hydrogen (secondary N) is 1. The van der Waals surface area contributed by atoms with Crippen molar-refractivity contribution in [2.24, 2.45) is 0 Å². The molecule has 1 N–H and O–H groups in total. The topological polar surface area (TPSA) is 59.8 Å². The Morgan fingerprint density at radius 2 is 2.10 bits per heavy atom. The van der Waals surface area contributed by atoms with E-state index in [1.54, 1.807) is 24.7 Å². The van der Waals surface area contributed by atoms with Crippen LogP contribution < -0.4 is 10.9 Å². The molecule has 5 nitrogen and oxygen atoms in total. The van der Waals surface area contributed by atoms with Crippen LogP contribution in [-0.2, 0) is 13.0 Å². The Balaban J connectivity index is 1.63. The van der Waals surface area contributed by atoms with Crippen LogP contribution in [0.1, 0.15) is 24.8 Å². The van der Waals surface area contributed by atoms with Crippen molar-refractivity contribution in [1.29, 1.82) is 0 Å². The van der Waals surface area contributed by atoms with Crippen LogP contribution in [-0.4, -0.2) is 20.8 Å². The van der Waals surface area contributed by atoms with Gasteiger partial charge in [-0.1, -0.05) is 0 Å². The zero-order valence-corrected chi connectivity index (χ0v) is 11.3. The normalized spacial score (nSPS) is 14.8. The summed E-state index contributed by atoms with van der Waals surface area (Å²) in [7, 11) is 0. The van der Waals surface area contributed by atoms with Gasteiger partial charge in [0, 0.05) is 31.0 Å². The highest BCUT2D eigenvalue weighted by molar-refractivity contribution is 5.40. The van der Waals surface area contributed by atoms with Crippen LogP contribution in [0.15, 0.2) is 41.6 Å². The molecular formula is C15H18N4O. The van der Waals surface area contributed by atoms with Gasteiger partial charge >= 0.3 is 0 Å². The molecule has 0 radical (unpaired) electrons. The van der Waals surface area contributed by atoms with Crippen LogP contribution in [0.4, 0.5) is 5.69 Å². The minimum Gasteiger partial charge on any atom is -0.381 e. The molecule has 104 valence electrons. The van der Waals surface area contributed by atoms with Gasteiger partial charge in [-0.3, -0.25) is 9.78 Å². The number of nitrogens with zero attached hydrogens (tertiary/aromatic N) is 3. The molecule has 1 fully saturated rings. The molecule has 0 spiro atoms. The average molecular weight is 270 g/mol. The van der Waals surface area contributed by atoms with Gasteiger partial charge in [0.15, 0.2) is 0 Å². The molecule has 1 saturated carbocycles. The Kier molecular flexibility index (Phi) is 3.76. The highest BCUT2D eigenvalue weighted by atomic mass is 16.1. The number of hydrogen-bond donors (Lipinski definition) is 1. The quantitative estimate of drug-likeness (QED) is 0.900. The number of aryl methyl sites for hydroxylation is 2. The fourth-order valence-electron chi connectivity index (χ4n) is 2.25. The van der Waals surface area contributed by atoms with Crippen molar-refractivity contribution in [1.82, 2.24) is 14.8 Å². The summed E-state index contributed by atoms with van der Waals surface area (Å²) in [4.78, 5) is 16.0. The van der Waals surface area contributed by atoms with Gasteiger partial charge < -0.3 is 5.32 Å². The summed E-state index contributed by atoms with van der Waals surface area (Å²) < 4.78 is 1.51. The Morgan fingerprint density at radius 3 is 2.75 bits per heavy atom. The van der Waals surface area contributed by atoms with Gasteiger partial charge in [-0.2, -0.15) is 5.10 Å². The number of pyridine rings is 1. The second-order valence-corrected chi connectivity index (χ2v) is 5.18. The molecule has 2 heterocycles. The van der Waals surface area contributed by atoms with Gasteiger partial charge in [0.25, 0.3) is 5.56 Å². The van der Waals surface area contributed by atoms with Gasteiger partial charge in [-0.25, -0.2) is 4.68 Å². The fraction of sp³-hybridized carbons (Fsp3) is 0.400. The maximum absolute atomic E-state index is 12.0. The van der Waals surface area contributed by atoms with Crippen molar-refractivity contribution in [3.63, 3.8) is 0 Å². The van der Waals surface area contributed by atoms with Crippen LogP contribution in [0.25, 0.3) is 0 Å². The number of aromatic nitrogens is 3. The predicted octanol–water partition coefficient (Wildman–Crippen LogP) is 1.85. The molecule has 0 bridgehead atoms. The summed E-state index contributed by atoms with van der Waals surface area (Å²) in [5, 5.41) is 7.57. The molecule has 1 aliphatic carbocycles. The molecule has 3 rings (SSSR count). The monoisotopic (exact) mass is 270 g/mol. The number of hydrogen-bond acceptors (Lipinski definition) is 4. The Bertz CT molecular complexity index is 619. The van der Waals surface area contributed by atoms with Crippen LogP contribution in [0.3, 0.4) is 0 Å². The minimum atomic E-state index is -0.0524. The van der Waals surface area contributed by atoms with E-state index in [9.17, 15) is 4.79 Å². The molecular weight excluding hydrogens is 252 g/mol. The largest absolute Gasteiger partial charge is 0.381 e. The maximum Gasteiger partial charge on any atom is 0.268 e. The summed E-state index contributed by atoms with van der Waals surface area (Å²) in [5.74, 6) is 0. The van der Waals surface area contributed by atoms with E-state index in [1.807, 2.05) is 12.1 Å². The molecule has 2 aromatic rings. The van der Waals surface area contributed by atoms with Crippen molar-refractivity contribution < 1.29 is 0 Å². The third kappa shape index (κ3) is 3.04. The lowest BCUT2D eigenvalue weighted by atomic mass is 9.93. The van der Waals surface area contributed by atoms with E-state index >= 15 is 0 Å². The third-order valence-corrected chi connectivity index (χ3v) is 3.71. The first-order chi connectivity index (χ1) is 9.81.